The van der Waals surface area contributed by atoms with Crippen LogP contribution in [0.5, 0.6) is 5.75 Å². The van der Waals surface area contributed by atoms with Gasteiger partial charge in [0.25, 0.3) is 0 Å². The highest BCUT2D eigenvalue weighted by atomic mass is 32.2. The number of nitrogens with one attached hydrogen (secondary N) is 1. The van der Waals surface area contributed by atoms with Gasteiger partial charge in [0, 0.05) is 11.3 Å². The molecule has 0 aromatic heterocycles. The normalized spacial score (nSPS) is 20.0. The van der Waals surface area contributed by atoms with E-state index in [-0.39, 0.29) is 21.1 Å². The third-order valence-corrected chi connectivity index (χ3v) is 6.83. The second-order valence-electron chi connectivity index (χ2n) is 6.42. The van der Waals surface area contributed by atoms with Crippen molar-refractivity contribution in [3.05, 3.63) is 75.8 Å². The molecule has 0 unspecified atom stereocenters. The highest BCUT2D eigenvalue weighted by Gasteiger charge is 2.46. The predicted molar refractivity (Wildman–Crippen MR) is 99.2 cm³/mol. The van der Waals surface area contributed by atoms with E-state index in [0.29, 0.717) is 22.5 Å². The van der Waals surface area contributed by atoms with Crippen LogP contribution in [0.4, 0.5) is 0 Å². The first kappa shape index (κ1) is 17.4. The van der Waals surface area contributed by atoms with E-state index in [4.69, 9.17) is 4.74 Å². The lowest BCUT2D eigenvalue weighted by Gasteiger charge is -2.28. The number of sulfone groups is 1. The van der Waals surface area contributed by atoms with E-state index in [1.54, 1.807) is 43.3 Å². The number of carbonyl (C=O) groups excluding carboxylic acids is 1. The van der Waals surface area contributed by atoms with E-state index >= 15 is 0 Å². The summed E-state index contributed by atoms with van der Waals surface area (Å²) in [6.07, 6.45) is 0. The number of carbonyl (C=O) groups is 1. The third-order valence-electron chi connectivity index (χ3n) is 4.88. The molecule has 2 heterocycles. The first-order chi connectivity index (χ1) is 12.9. The van der Waals surface area contributed by atoms with Gasteiger partial charge in [0.15, 0.2) is 0 Å². The van der Waals surface area contributed by atoms with Gasteiger partial charge >= 0.3 is 5.97 Å². The van der Waals surface area contributed by atoms with Crippen LogP contribution in [-0.2, 0) is 19.4 Å². The van der Waals surface area contributed by atoms with E-state index in [1.165, 1.54) is 19.2 Å². The first-order valence-electron chi connectivity index (χ1n) is 8.30. The highest BCUT2D eigenvalue weighted by Crippen LogP contribution is 2.50. The van der Waals surface area contributed by atoms with Gasteiger partial charge in [-0.3, -0.25) is 0 Å². The first-order valence-corrected chi connectivity index (χ1v) is 9.78. The van der Waals surface area contributed by atoms with Gasteiger partial charge in [-0.1, -0.05) is 30.3 Å². The number of rotatable bonds is 2. The van der Waals surface area contributed by atoms with Crippen LogP contribution in [0, 0.1) is 0 Å². The van der Waals surface area contributed by atoms with E-state index in [1.807, 2.05) is 0 Å². The molecule has 2 N–H and O–H groups in total. The largest absolute Gasteiger partial charge is 0.508 e. The molecule has 0 amide bonds. The van der Waals surface area contributed by atoms with E-state index in [9.17, 15) is 18.3 Å². The zero-order chi connectivity index (χ0) is 19.3. The Morgan fingerprint density at radius 3 is 2.44 bits per heavy atom. The molecule has 7 heteroatoms. The maximum Gasteiger partial charge on any atom is 0.336 e. The van der Waals surface area contributed by atoms with Gasteiger partial charge in [0.05, 0.1) is 34.1 Å². The molecule has 2 aromatic carbocycles. The van der Waals surface area contributed by atoms with Crippen molar-refractivity contribution in [3.63, 3.8) is 0 Å². The van der Waals surface area contributed by atoms with Gasteiger partial charge in [-0.15, -0.1) is 0 Å². The second kappa shape index (κ2) is 5.99. The molecule has 138 valence electrons. The quantitative estimate of drug-likeness (QED) is 0.775. The molecule has 2 aromatic rings. The number of methoxy groups -OCH3 is 1. The number of fused-ring (bicyclic) bond motifs is 2. The SMILES string of the molecule is COC(=O)C1=C(C)NC2=C([C@@H]1c1ccc(O)cc1)S(=O)(=O)c1ccccc12. The van der Waals surface area contributed by atoms with Crippen molar-refractivity contribution >= 4 is 21.5 Å². The molecule has 4 rings (SSSR count). The van der Waals surface area contributed by atoms with Crippen molar-refractivity contribution in [2.75, 3.05) is 7.11 Å². The summed E-state index contributed by atoms with van der Waals surface area (Å²) in [5, 5.41) is 12.7. The number of phenolic OH excluding ortho intramolecular Hbond substituents is 1. The van der Waals surface area contributed by atoms with Crippen LogP contribution in [0.3, 0.4) is 0 Å². The number of aromatic hydroxyl groups is 1. The van der Waals surface area contributed by atoms with Crippen molar-refractivity contribution in [2.45, 2.75) is 17.7 Å². The van der Waals surface area contributed by atoms with Crippen LogP contribution in [-0.4, -0.2) is 26.6 Å². The zero-order valence-corrected chi connectivity index (χ0v) is 15.5. The molecule has 0 fully saturated rings. The summed E-state index contributed by atoms with van der Waals surface area (Å²) in [5.74, 6) is -1.37. The van der Waals surface area contributed by atoms with Crippen molar-refractivity contribution < 1.29 is 23.1 Å². The summed E-state index contributed by atoms with van der Waals surface area (Å²) in [4.78, 5) is 12.9. The van der Waals surface area contributed by atoms with Gasteiger partial charge in [-0.05, 0) is 30.7 Å². The molecule has 0 aliphatic carbocycles. The summed E-state index contributed by atoms with van der Waals surface area (Å²) in [6, 6.07) is 12.9. The average Bonchev–Trinajstić information content (AvgIpc) is 2.88. The van der Waals surface area contributed by atoms with Crippen LogP contribution in [0.2, 0.25) is 0 Å². The van der Waals surface area contributed by atoms with Crippen LogP contribution in [0.1, 0.15) is 24.0 Å². The lowest BCUT2D eigenvalue weighted by Crippen LogP contribution is -2.29. The molecule has 1 atom stereocenters. The standard InChI is InChI=1S/C20H17NO5S/c1-11-16(20(23)26-2)17(12-7-9-13(22)10-8-12)19-18(21-11)14-5-3-4-6-15(14)27(19,24)25/h3-10,17,21-22H,1-2H3/t17-/m1/s1. The summed E-state index contributed by atoms with van der Waals surface area (Å²) in [5.41, 5.74) is 2.41. The Morgan fingerprint density at radius 2 is 1.78 bits per heavy atom. The minimum atomic E-state index is -3.80. The average molecular weight is 383 g/mol. The lowest BCUT2D eigenvalue weighted by molar-refractivity contribution is -0.136. The predicted octanol–water partition coefficient (Wildman–Crippen LogP) is 2.68. The lowest BCUT2D eigenvalue weighted by atomic mass is 9.85. The Hall–Kier alpha value is -3.06. The third kappa shape index (κ3) is 2.46. The van der Waals surface area contributed by atoms with Gasteiger partial charge < -0.3 is 15.2 Å². The van der Waals surface area contributed by atoms with Crippen LogP contribution < -0.4 is 5.32 Å². The van der Waals surface area contributed by atoms with Crippen molar-refractivity contribution in [3.8, 4) is 5.75 Å². The number of allylic oxidation sites excluding steroid dienone is 2. The number of phenols is 1. The minimum absolute atomic E-state index is 0.0553. The molecule has 0 saturated heterocycles. The molecule has 0 saturated carbocycles. The Morgan fingerprint density at radius 1 is 1.11 bits per heavy atom. The Bertz CT molecular complexity index is 1130. The smallest absolute Gasteiger partial charge is 0.336 e. The van der Waals surface area contributed by atoms with Crippen molar-refractivity contribution in [1.82, 2.24) is 5.32 Å². The topological polar surface area (TPSA) is 92.7 Å². The Labute approximate surface area is 156 Å². The van der Waals surface area contributed by atoms with Gasteiger partial charge in [0.1, 0.15) is 5.75 Å². The Kier molecular flexibility index (Phi) is 3.85. The molecule has 0 spiro atoms. The highest BCUT2D eigenvalue weighted by molar-refractivity contribution is 7.96. The zero-order valence-electron chi connectivity index (χ0n) is 14.7. The van der Waals surface area contributed by atoms with Crippen molar-refractivity contribution in [1.29, 1.82) is 0 Å². The maximum atomic E-state index is 13.3. The van der Waals surface area contributed by atoms with E-state index < -0.39 is 21.7 Å². The fourth-order valence-corrected chi connectivity index (χ4v) is 5.64. The van der Waals surface area contributed by atoms with Crippen molar-refractivity contribution in [2.24, 2.45) is 0 Å². The maximum absolute atomic E-state index is 13.3. The van der Waals surface area contributed by atoms with Gasteiger partial charge in [-0.2, -0.15) is 0 Å². The number of hydrogen-bond donors (Lipinski definition) is 2. The summed E-state index contributed by atoms with van der Waals surface area (Å²) in [6.45, 7) is 1.72. The second-order valence-corrected chi connectivity index (χ2v) is 8.31. The van der Waals surface area contributed by atoms with Gasteiger partial charge in [-0.25, -0.2) is 13.2 Å². The van der Waals surface area contributed by atoms with Gasteiger partial charge in [0.2, 0.25) is 9.84 Å². The summed E-state index contributed by atoms with van der Waals surface area (Å²) in [7, 11) is -2.54. The van der Waals surface area contributed by atoms with Crippen LogP contribution in [0.15, 0.2) is 69.6 Å². The number of dihydropyridines is 1. The molecular formula is C20H17NO5S. The van der Waals surface area contributed by atoms with E-state index in [2.05, 4.69) is 5.32 Å². The molecule has 2 aliphatic heterocycles. The minimum Gasteiger partial charge on any atom is -0.508 e. The number of hydrogen-bond acceptors (Lipinski definition) is 6. The van der Waals surface area contributed by atoms with Crippen LogP contribution >= 0.6 is 0 Å². The summed E-state index contributed by atoms with van der Waals surface area (Å²) >= 11 is 0. The monoisotopic (exact) mass is 383 g/mol. The molecule has 6 nitrogen and oxygen atoms in total. The molecule has 27 heavy (non-hydrogen) atoms. The fourth-order valence-electron chi connectivity index (χ4n) is 3.69. The summed E-state index contributed by atoms with van der Waals surface area (Å²) < 4.78 is 31.5. The van der Waals surface area contributed by atoms with Crippen LogP contribution in [0.25, 0.3) is 5.70 Å². The fraction of sp³-hybridized carbons (Fsp3) is 0.150. The van der Waals surface area contributed by atoms with E-state index in [0.717, 1.165) is 0 Å². The molecule has 2 aliphatic rings. The number of benzene rings is 2. The Balaban J connectivity index is 2.02. The molecule has 0 bridgehead atoms. The molecular weight excluding hydrogens is 366 g/mol. The number of esters is 1. The molecule has 0 radical (unpaired) electrons. The number of ether oxygens (including phenoxy) is 1.